The lowest BCUT2D eigenvalue weighted by Crippen LogP contribution is -2.27. The van der Waals surface area contributed by atoms with E-state index in [1.165, 1.54) is 0 Å². The van der Waals surface area contributed by atoms with E-state index in [1.54, 1.807) is 12.1 Å². The summed E-state index contributed by atoms with van der Waals surface area (Å²) in [6.07, 6.45) is -1.01. The molecule has 2 radical (unpaired) electrons. The summed E-state index contributed by atoms with van der Waals surface area (Å²) < 4.78 is 37.1. The van der Waals surface area contributed by atoms with Gasteiger partial charge in [-0.05, 0) is 24.0 Å². The van der Waals surface area contributed by atoms with E-state index in [9.17, 15) is 13.2 Å². The van der Waals surface area contributed by atoms with Crippen molar-refractivity contribution < 1.29 is 13.2 Å². The topological polar surface area (TPSA) is 0 Å². The Hall–Kier alpha value is -0.990. The Bertz CT molecular complexity index is 328. The van der Waals surface area contributed by atoms with Gasteiger partial charge in [-0.3, -0.25) is 0 Å². The fraction of sp³-hybridized carbons (Fsp3) is 0.364. The van der Waals surface area contributed by atoms with Crippen molar-refractivity contribution in [2.45, 2.75) is 19.0 Å². The molecule has 0 saturated carbocycles. The lowest BCUT2D eigenvalue weighted by molar-refractivity contribution is -0.166. The van der Waals surface area contributed by atoms with Crippen molar-refractivity contribution in [2.75, 3.05) is 0 Å². The Kier molecular flexibility index (Phi) is 2.25. The van der Waals surface area contributed by atoms with Crippen LogP contribution in [0.25, 0.3) is 0 Å². The molecular weight excluding hydrogens is 189 g/mol. The normalized spacial score (nSPS) is 21.8. The predicted octanol–water partition coefficient (Wildman–Crippen LogP) is 3.24. The van der Waals surface area contributed by atoms with Crippen LogP contribution in [0, 0.1) is 12.3 Å². The van der Waals surface area contributed by atoms with Crippen LogP contribution >= 0.6 is 0 Å². The van der Waals surface area contributed by atoms with Gasteiger partial charge in [0.05, 0.1) is 5.92 Å². The zero-order valence-electron chi connectivity index (χ0n) is 7.43. The van der Waals surface area contributed by atoms with Crippen LogP contribution in [-0.4, -0.2) is 6.18 Å². The molecule has 1 aliphatic carbocycles. The molecule has 0 spiro atoms. The molecule has 1 atom stereocenters. The second kappa shape index (κ2) is 3.30. The molecule has 3 heteroatoms. The number of hydrogen-bond donors (Lipinski definition) is 0. The van der Waals surface area contributed by atoms with Crippen molar-refractivity contribution in [1.82, 2.24) is 0 Å². The number of halogens is 3. The number of benzene rings is 1. The average molecular weight is 198 g/mol. The number of hydrogen-bond acceptors (Lipinski definition) is 0. The van der Waals surface area contributed by atoms with Crippen molar-refractivity contribution in [2.24, 2.45) is 5.92 Å². The highest BCUT2D eigenvalue weighted by Gasteiger charge is 2.41. The zero-order valence-corrected chi connectivity index (χ0v) is 7.43. The maximum absolute atomic E-state index is 12.4. The van der Waals surface area contributed by atoms with Gasteiger partial charge < -0.3 is 0 Å². The summed E-state index contributed by atoms with van der Waals surface area (Å²) in [4.78, 5) is 0. The molecule has 14 heavy (non-hydrogen) atoms. The molecule has 1 aromatic rings. The van der Waals surface area contributed by atoms with Crippen molar-refractivity contribution in [3.05, 3.63) is 41.8 Å². The largest absolute Gasteiger partial charge is 0.392 e. The van der Waals surface area contributed by atoms with E-state index in [4.69, 9.17) is 0 Å². The molecule has 1 aliphatic rings. The minimum Gasteiger partial charge on any atom is -0.171 e. The van der Waals surface area contributed by atoms with Crippen LogP contribution in [0.1, 0.15) is 17.5 Å². The highest BCUT2D eigenvalue weighted by Crippen LogP contribution is 2.37. The van der Waals surface area contributed by atoms with Gasteiger partial charge in [-0.2, -0.15) is 13.2 Å². The second-order valence-electron chi connectivity index (χ2n) is 3.43. The fourth-order valence-corrected chi connectivity index (χ4v) is 1.68. The fourth-order valence-electron chi connectivity index (χ4n) is 1.68. The Morgan fingerprint density at radius 2 is 1.93 bits per heavy atom. The molecule has 74 valence electrons. The van der Waals surface area contributed by atoms with Crippen LogP contribution in [-0.2, 0) is 6.42 Å². The van der Waals surface area contributed by atoms with Gasteiger partial charge in [0.15, 0.2) is 0 Å². The highest BCUT2D eigenvalue weighted by molar-refractivity contribution is 5.36. The summed E-state index contributed by atoms with van der Waals surface area (Å²) in [6, 6.07) is 7.13. The van der Waals surface area contributed by atoms with E-state index in [0.29, 0.717) is 12.0 Å². The maximum Gasteiger partial charge on any atom is 0.392 e. The lowest BCUT2D eigenvalue weighted by Gasteiger charge is -2.25. The first kappa shape index (κ1) is 9.56. The minimum atomic E-state index is -4.15. The molecule has 0 heterocycles. The third-order valence-electron chi connectivity index (χ3n) is 2.44. The first-order chi connectivity index (χ1) is 6.57. The quantitative estimate of drug-likeness (QED) is 0.600. The molecular formula is C11H9F3. The van der Waals surface area contributed by atoms with Crippen molar-refractivity contribution in [3.8, 4) is 0 Å². The first-order valence-corrected chi connectivity index (χ1v) is 4.48. The van der Waals surface area contributed by atoms with E-state index in [1.807, 2.05) is 12.1 Å². The summed E-state index contributed by atoms with van der Waals surface area (Å²) in [6.45, 7) is 0. The van der Waals surface area contributed by atoms with Crippen LogP contribution in [0.3, 0.4) is 0 Å². The minimum absolute atomic E-state index is 0.126. The third kappa shape index (κ3) is 1.76. The third-order valence-corrected chi connectivity index (χ3v) is 2.44. The Balaban J connectivity index is 2.22. The average Bonchev–Trinajstić information content (AvgIpc) is 2.16. The molecule has 0 aliphatic heterocycles. The van der Waals surface area contributed by atoms with Gasteiger partial charge >= 0.3 is 6.18 Å². The van der Waals surface area contributed by atoms with Gasteiger partial charge in [-0.1, -0.05) is 24.3 Å². The van der Waals surface area contributed by atoms with Gasteiger partial charge in [0.2, 0.25) is 0 Å². The highest BCUT2D eigenvalue weighted by atomic mass is 19.4. The molecule has 0 aromatic heterocycles. The second-order valence-corrected chi connectivity index (χ2v) is 3.43. The van der Waals surface area contributed by atoms with Gasteiger partial charge in [-0.15, -0.1) is 0 Å². The number of aryl methyl sites for hydroxylation is 1. The lowest BCUT2D eigenvalue weighted by atomic mass is 9.84. The summed E-state index contributed by atoms with van der Waals surface area (Å²) >= 11 is 0. The standard InChI is InChI=1S/C11H9F3/c12-11(13,14)10-6-5-8-3-1-2-4-9(8)7-10/h1-4,10H,5-6H2. The van der Waals surface area contributed by atoms with E-state index >= 15 is 0 Å². The van der Waals surface area contributed by atoms with E-state index in [0.717, 1.165) is 5.56 Å². The summed E-state index contributed by atoms with van der Waals surface area (Å²) in [5, 5.41) is 0. The van der Waals surface area contributed by atoms with Gasteiger partial charge in [-0.25, -0.2) is 0 Å². The van der Waals surface area contributed by atoms with Gasteiger partial charge in [0.25, 0.3) is 0 Å². The summed E-state index contributed by atoms with van der Waals surface area (Å²) in [5.41, 5.74) is 1.58. The molecule has 2 rings (SSSR count). The summed E-state index contributed by atoms with van der Waals surface area (Å²) in [5.74, 6) is -1.39. The zero-order chi connectivity index (χ0) is 10.2. The molecule has 0 fully saturated rings. The monoisotopic (exact) mass is 198 g/mol. The summed E-state index contributed by atoms with van der Waals surface area (Å²) in [7, 11) is 0. The molecule has 0 bridgehead atoms. The van der Waals surface area contributed by atoms with Crippen LogP contribution in [0.15, 0.2) is 24.3 Å². The SMILES string of the molecule is FC(F)(F)C1[C]c2ccccc2CC1. The Morgan fingerprint density at radius 3 is 2.64 bits per heavy atom. The predicted molar refractivity (Wildman–Crippen MR) is 46.7 cm³/mol. The molecule has 0 saturated heterocycles. The van der Waals surface area contributed by atoms with E-state index < -0.39 is 12.1 Å². The number of fused-ring (bicyclic) bond motifs is 1. The van der Waals surface area contributed by atoms with Crippen molar-refractivity contribution in [3.63, 3.8) is 0 Å². The molecule has 0 amide bonds. The van der Waals surface area contributed by atoms with Crippen LogP contribution in [0.4, 0.5) is 13.2 Å². The van der Waals surface area contributed by atoms with Gasteiger partial charge in [0.1, 0.15) is 0 Å². The molecule has 1 aromatic carbocycles. The number of alkyl halides is 3. The van der Waals surface area contributed by atoms with E-state index in [2.05, 4.69) is 6.42 Å². The van der Waals surface area contributed by atoms with Crippen LogP contribution < -0.4 is 0 Å². The Morgan fingerprint density at radius 1 is 1.21 bits per heavy atom. The van der Waals surface area contributed by atoms with E-state index in [-0.39, 0.29) is 6.42 Å². The first-order valence-electron chi connectivity index (χ1n) is 4.48. The Labute approximate surface area is 80.7 Å². The van der Waals surface area contributed by atoms with Crippen LogP contribution in [0.5, 0.6) is 0 Å². The molecule has 0 nitrogen and oxygen atoms in total. The molecule has 1 unspecified atom stereocenters. The smallest absolute Gasteiger partial charge is 0.171 e. The van der Waals surface area contributed by atoms with Crippen LogP contribution in [0.2, 0.25) is 0 Å². The van der Waals surface area contributed by atoms with Crippen molar-refractivity contribution >= 4 is 0 Å². The maximum atomic E-state index is 12.4. The number of rotatable bonds is 0. The van der Waals surface area contributed by atoms with Crippen molar-refractivity contribution in [1.29, 1.82) is 0 Å². The van der Waals surface area contributed by atoms with Gasteiger partial charge in [0, 0.05) is 6.42 Å². The molecule has 0 N–H and O–H groups in total.